The fourth-order valence-electron chi connectivity index (χ4n) is 1.04. The summed E-state index contributed by atoms with van der Waals surface area (Å²) in [5.74, 6) is -0.128. The molecule has 0 saturated carbocycles. The van der Waals surface area contributed by atoms with Crippen LogP contribution < -0.4 is 0 Å². The third-order valence-electron chi connectivity index (χ3n) is 1.76. The Bertz CT molecular complexity index is 249. The number of allylic oxidation sites excluding steroid dienone is 2. The lowest BCUT2D eigenvalue weighted by Crippen LogP contribution is -2.06. The standard InChI is InChI=1S/C11H18O3/c1-8(5-4-6-12)7-11(9(2)13)10(3)14/h5,7,10,12-14H,2,4,6H2,1,3H3/b8-5-,11-7+. The van der Waals surface area contributed by atoms with Crippen molar-refractivity contribution in [2.75, 3.05) is 6.61 Å². The Hall–Kier alpha value is -1.06. The normalized spacial score (nSPS) is 15.4. The molecule has 0 aromatic heterocycles. The molecule has 1 atom stereocenters. The summed E-state index contributed by atoms with van der Waals surface area (Å²) in [6, 6.07) is 0. The molecule has 0 rings (SSSR count). The topological polar surface area (TPSA) is 60.7 Å². The summed E-state index contributed by atoms with van der Waals surface area (Å²) in [7, 11) is 0. The highest BCUT2D eigenvalue weighted by molar-refractivity contribution is 5.33. The van der Waals surface area contributed by atoms with E-state index in [0.29, 0.717) is 12.0 Å². The maximum absolute atomic E-state index is 9.29. The number of hydrogen-bond acceptors (Lipinski definition) is 3. The van der Waals surface area contributed by atoms with Crippen molar-refractivity contribution in [2.24, 2.45) is 0 Å². The van der Waals surface area contributed by atoms with Gasteiger partial charge < -0.3 is 15.3 Å². The van der Waals surface area contributed by atoms with Crippen molar-refractivity contribution in [2.45, 2.75) is 26.4 Å². The third-order valence-corrected chi connectivity index (χ3v) is 1.76. The largest absolute Gasteiger partial charge is 0.508 e. The predicted octanol–water partition coefficient (Wildman–Crippen LogP) is 1.69. The van der Waals surface area contributed by atoms with Crippen molar-refractivity contribution in [3.05, 3.63) is 35.6 Å². The molecule has 0 heterocycles. The molecule has 0 aliphatic rings. The van der Waals surface area contributed by atoms with Crippen molar-refractivity contribution < 1.29 is 15.3 Å². The van der Waals surface area contributed by atoms with Gasteiger partial charge in [-0.15, -0.1) is 0 Å². The van der Waals surface area contributed by atoms with Gasteiger partial charge in [0.1, 0.15) is 5.76 Å². The first-order valence-electron chi connectivity index (χ1n) is 4.54. The van der Waals surface area contributed by atoms with Gasteiger partial charge in [-0.05, 0) is 20.3 Å². The van der Waals surface area contributed by atoms with Crippen molar-refractivity contribution >= 4 is 0 Å². The van der Waals surface area contributed by atoms with Crippen molar-refractivity contribution in [3.63, 3.8) is 0 Å². The van der Waals surface area contributed by atoms with Gasteiger partial charge in [0.2, 0.25) is 0 Å². The molecule has 0 saturated heterocycles. The Morgan fingerprint density at radius 3 is 2.43 bits per heavy atom. The van der Waals surface area contributed by atoms with Crippen LogP contribution in [0.4, 0.5) is 0 Å². The number of aliphatic hydroxyl groups excluding tert-OH is 3. The lowest BCUT2D eigenvalue weighted by Gasteiger charge is -2.08. The van der Waals surface area contributed by atoms with Crippen LogP contribution in [0.25, 0.3) is 0 Å². The van der Waals surface area contributed by atoms with Gasteiger partial charge in [-0.1, -0.05) is 24.3 Å². The predicted molar refractivity (Wildman–Crippen MR) is 57.0 cm³/mol. The van der Waals surface area contributed by atoms with Gasteiger partial charge in [0, 0.05) is 12.2 Å². The quantitative estimate of drug-likeness (QED) is 0.465. The summed E-state index contributed by atoms with van der Waals surface area (Å²) in [6.45, 7) is 6.85. The van der Waals surface area contributed by atoms with Crippen molar-refractivity contribution in [3.8, 4) is 0 Å². The van der Waals surface area contributed by atoms with Gasteiger partial charge in [0.05, 0.1) is 6.10 Å². The highest BCUT2D eigenvalue weighted by Gasteiger charge is 2.07. The molecular weight excluding hydrogens is 180 g/mol. The van der Waals surface area contributed by atoms with Crippen molar-refractivity contribution in [1.29, 1.82) is 0 Å². The van der Waals surface area contributed by atoms with Crippen LogP contribution in [0.3, 0.4) is 0 Å². The van der Waals surface area contributed by atoms with E-state index < -0.39 is 6.10 Å². The minimum atomic E-state index is -0.745. The minimum absolute atomic E-state index is 0.0925. The van der Waals surface area contributed by atoms with Gasteiger partial charge in [0.25, 0.3) is 0 Å². The smallest absolute Gasteiger partial charge is 0.114 e. The number of hydrogen-bond donors (Lipinski definition) is 3. The second kappa shape index (κ2) is 6.40. The average molecular weight is 198 g/mol. The van der Waals surface area contributed by atoms with Crippen LogP contribution in [0, 0.1) is 0 Å². The SMILES string of the molecule is C=C(O)/C(=C\C(C)=C/CCO)C(C)O. The fourth-order valence-corrected chi connectivity index (χ4v) is 1.04. The van der Waals surface area contributed by atoms with E-state index in [2.05, 4.69) is 6.58 Å². The van der Waals surface area contributed by atoms with Crippen molar-refractivity contribution in [1.82, 2.24) is 0 Å². The van der Waals surface area contributed by atoms with Crippen LogP contribution in [0.5, 0.6) is 0 Å². The molecule has 14 heavy (non-hydrogen) atoms. The van der Waals surface area contributed by atoms with Crippen LogP contribution in [-0.2, 0) is 0 Å². The van der Waals surface area contributed by atoms with Gasteiger partial charge in [-0.25, -0.2) is 0 Å². The summed E-state index contributed by atoms with van der Waals surface area (Å²) < 4.78 is 0. The molecular formula is C11H18O3. The summed E-state index contributed by atoms with van der Waals surface area (Å²) in [5, 5.41) is 27.0. The van der Waals surface area contributed by atoms with E-state index in [4.69, 9.17) is 10.2 Å². The van der Waals surface area contributed by atoms with E-state index in [-0.39, 0.29) is 12.4 Å². The van der Waals surface area contributed by atoms with E-state index in [9.17, 15) is 5.11 Å². The molecule has 3 heteroatoms. The summed E-state index contributed by atoms with van der Waals surface area (Å²) in [4.78, 5) is 0. The molecule has 0 amide bonds. The Labute approximate surface area is 84.7 Å². The molecule has 3 nitrogen and oxygen atoms in total. The molecule has 0 aromatic rings. The fraction of sp³-hybridized carbons (Fsp3) is 0.455. The molecule has 0 fully saturated rings. The van der Waals surface area contributed by atoms with Crippen LogP contribution in [0.15, 0.2) is 35.6 Å². The zero-order chi connectivity index (χ0) is 11.1. The zero-order valence-corrected chi connectivity index (χ0v) is 8.70. The monoisotopic (exact) mass is 198 g/mol. The Morgan fingerprint density at radius 2 is 2.07 bits per heavy atom. The first-order chi connectivity index (χ1) is 6.49. The second-order valence-corrected chi connectivity index (χ2v) is 3.18. The third kappa shape index (κ3) is 4.84. The molecule has 0 aliphatic carbocycles. The zero-order valence-electron chi connectivity index (χ0n) is 8.70. The average Bonchev–Trinajstić information content (AvgIpc) is 2.09. The first-order valence-corrected chi connectivity index (χ1v) is 4.54. The Balaban J connectivity index is 4.65. The van der Waals surface area contributed by atoms with Gasteiger partial charge in [0.15, 0.2) is 0 Å². The van der Waals surface area contributed by atoms with Crippen LogP contribution in [0.1, 0.15) is 20.3 Å². The number of rotatable bonds is 5. The Kier molecular flexibility index (Phi) is 5.92. The summed E-state index contributed by atoms with van der Waals surface area (Å²) >= 11 is 0. The van der Waals surface area contributed by atoms with E-state index in [1.807, 2.05) is 13.0 Å². The van der Waals surface area contributed by atoms with Crippen LogP contribution in [0.2, 0.25) is 0 Å². The van der Waals surface area contributed by atoms with Gasteiger partial charge in [-0.3, -0.25) is 0 Å². The highest BCUT2D eigenvalue weighted by Crippen LogP contribution is 2.13. The molecule has 1 unspecified atom stereocenters. The number of aliphatic hydroxyl groups is 3. The maximum atomic E-state index is 9.29. The molecule has 0 aromatic carbocycles. The van der Waals surface area contributed by atoms with E-state index in [1.165, 1.54) is 0 Å². The van der Waals surface area contributed by atoms with Crippen LogP contribution in [-0.4, -0.2) is 28.0 Å². The molecule has 80 valence electrons. The second-order valence-electron chi connectivity index (χ2n) is 3.18. The van der Waals surface area contributed by atoms with E-state index >= 15 is 0 Å². The maximum Gasteiger partial charge on any atom is 0.114 e. The molecule has 0 bridgehead atoms. The summed E-state index contributed by atoms with van der Waals surface area (Å²) in [6.07, 6.45) is 3.30. The van der Waals surface area contributed by atoms with Gasteiger partial charge in [-0.2, -0.15) is 0 Å². The van der Waals surface area contributed by atoms with Crippen LogP contribution >= 0.6 is 0 Å². The molecule has 0 radical (unpaired) electrons. The molecule has 3 N–H and O–H groups in total. The minimum Gasteiger partial charge on any atom is -0.508 e. The highest BCUT2D eigenvalue weighted by atomic mass is 16.3. The first kappa shape index (κ1) is 12.9. The van der Waals surface area contributed by atoms with E-state index in [0.717, 1.165) is 5.57 Å². The molecule has 0 spiro atoms. The van der Waals surface area contributed by atoms with Gasteiger partial charge >= 0.3 is 0 Å². The Morgan fingerprint density at radius 1 is 1.50 bits per heavy atom. The summed E-state index contributed by atoms with van der Waals surface area (Å²) in [5.41, 5.74) is 1.28. The lowest BCUT2D eigenvalue weighted by molar-refractivity contribution is 0.223. The lowest BCUT2D eigenvalue weighted by atomic mass is 10.1. The molecule has 0 aliphatic heterocycles. The van der Waals surface area contributed by atoms with E-state index in [1.54, 1.807) is 13.0 Å².